The third-order valence-corrected chi connectivity index (χ3v) is 3.50. The highest BCUT2D eigenvalue weighted by atomic mass is 32.2. The summed E-state index contributed by atoms with van der Waals surface area (Å²) < 4.78 is 26.0. The summed E-state index contributed by atoms with van der Waals surface area (Å²) in [6.45, 7) is -0.278. The number of nitrogen functional groups attached to an aromatic ring is 1. The molecule has 2 rings (SSSR count). The Bertz CT molecular complexity index is 704. The highest BCUT2D eigenvalue weighted by Gasteiger charge is 2.14. The fourth-order valence-corrected chi connectivity index (χ4v) is 2.14. The summed E-state index contributed by atoms with van der Waals surface area (Å²) in [4.78, 5) is 16.9. The molecule has 0 amide bonds. The average molecular weight is 325 g/mol. The van der Waals surface area contributed by atoms with E-state index >= 15 is 0 Å². The number of hydrogen-bond acceptors (Lipinski definition) is 7. The van der Waals surface area contributed by atoms with E-state index in [1.807, 2.05) is 0 Å². The SMILES string of the molecule is NCC(=O)O.Nc1ccc(S(=O)(=O)Nc2ncccn2)cc1. The number of carbonyl (C=O) groups is 1. The number of carboxylic acids is 1. The lowest BCUT2D eigenvalue weighted by atomic mass is 10.3. The molecule has 1 aromatic heterocycles. The van der Waals surface area contributed by atoms with Gasteiger partial charge in [0.05, 0.1) is 11.4 Å². The van der Waals surface area contributed by atoms with Crippen LogP contribution in [-0.4, -0.2) is 36.0 Å². The summed E-state index contributed by atoms with van der Waals surface area (Å²) in [6, 6.07) is 7.46. The molecule has 1 heterocycles. The maximum absolute atomic E-state index is 11.9. The zero-order valence-corrected chi connectivity index (χ0v) is 12.2. The summed E-state index contributed by atoms with van der Waals surface area (Å²) in [5.74, 6) is -0.936. The van der Waals surface area contributed by atoms with Crippen molar-refractivity contribution >= 4 is 27.6 Å². The van der Waals surface area contributed by atoms with Gasteiger partial charge in [-0.3, -0.25) is 4.79 Å². The zero-order valence-electron chi connectivity index (χ0n) is 11.4. The van der Waals surface area contributed by atoms with E-state index < -0.39 is 16.0 Å². The number of aliphatic carboxylic acids is 1. The van der Waals surface area contributed by atoms with Gasteiger partial charge < -0.3 is 16.6 Å². The monoisotopic (exact) mass is 325 g/mol. The maximum atomic E-state index is 11.9. The van der Waals surface area contributed by atoms with Crippen molar-refractivity contribution in [1.82, 2.24) is 9.97 Å². The van der Waals surface area contributed by atoms with Crippen molar-refractivity contribution in [2.45, 2.75) is 4.90 Å². The summed E-state index contributed by atoms with van der Waals surface area (Å²) in [5.41, 5.74) is 10.6. The minimum Gasteiger partial charge on any atom is -0.480 e. The van der Waals surface area contributed by atoms with Crippen LogP contribution in [0.3, 0.4) is 0 Å². The second-order valence-corrected chi connectivity index (χ2v) is 5.53. The van der Waals surface area contributed by atoms with Crippen LogP contribution in [0.4, 0.5) is 11.6 Å². The lowest BCUT2D eigenvalue weighted by molar-refractivity contribution is -0.135. The van der Waals surface area contributed by atoms with E-state index in [0.717, 1.165) is 0 Å². The molecule has 0 aliphatic heterocycles. The van der Waals surface area contributed by atoms with Gasteiger partial charge in [0.2, 0.25) is 5.95 Å². The van der Waals surface area contributed by atoms with E-state index in [2.05, 4.69) is 20.4 Å². The molecule has 1 aromatic carbocycles. The number of sulfonamides is 1. The fraction of sp³-hybridized carbons (Fsp3) is 0.0833. The molecule has 0 saturated heterocycles. The van der Waals surface area contributed by atoms with E-state index in [4.69, 9.17) is 10.8 Å². The first-order valence-corrected chi connectivity index (χ1v) is 7.40. The van der Waals surface area contributed by atoms with E-state index in [1.165, 1.54) is 36.7 Å². The molecule has 0 fully saturated rings. The number of rotatable bonds is 4. The van der Waals surface area contributed by atoms with Gasteiger partial charge in [0.25, 0.3) is 10.0 Å². The van der Waals surface area contributed by atoms with E-state index in [9.17, 15) is 13.2 Å². The van der Waals surface area contributed by atoms with Crippen LogP contribution in [0.25, 0.3) is 0 Å². The van der Waals surface area contributed by atoms with Crippen LogP contribution in [0.1, 0.15) is 0 Å². The first kappa shape index (κ1) is 17.3. The smallest absolute Gasteiger partial charge is 0.317 e. The van der Waals surface area contributed by atoms with E-state index in [1.54, 1.807) is 6.07 Å². The van der Waals surface area contributed by atoms with Crippen molar-refractivity contribution in [3.63, 3.8) is 0 Å². The number of anilines is 2. The molecule has 0 aliphatic rings. The molecule has 6 N–H and O–H groups in total. The maximum Gasteiger partial charge on any atom is 0.317 e. The first-order chi connectivity index (χ1) is 10.3. The van der Waals surface area contributed by atoms with Gasteiger partial charge in [-0.25, -0.2) is 23.1 Å². The number of nitrogens with two attached hydrogens (primary N) is 2. The van der Waals surface area contributed by atoms with Crippen molar-refractivity contribution in [3.05, 3.63) is 42.7 Å². The third kappa shape index (κ3) is 5.73. The number of nitrogens with one attached hydrogen (secondary N) is 1. The van der Waals surface area contributed by atoms with Crippen LogP contribution in [0.2, 0.25) is 0 Å². The Morgan fingerprint density at radius 3 is 2.14 bits per heavy atom. The molecule has 9 nitrogen and oxygen atoms in total. The van der Waals surface area contributed by atoms with Gasteiger partial charge in [-0.05, 0) is 30.3 Å². The van der Waals surface area contributed by atoms with Crippen LogP contribution in [0, 0.1) is 0 Å². The van der Waals surface area contributed by atoms with Crippen molar-refractivity contribution in [1.29, 1.82) is 0 Å². The standard InChI is InChI=1S/C10H10N4O2S.C2H5NO2/c11-8-2-4-9(5-3-8)17(15,16)14-10-12-6-1-7-13-10;3-1-2(4)5/h1-7H,11H2,(H,12,13,14);1,3H2,(H,4,5). The lowest BCUT2D eigenvalue weighted by Gasteiger charge is -2.05. The molecule has 2 aromatic rings. The molecule has 118 valence electrons. The second-order valence-electron chi connectivity index (χ2n) is 3.84. The van der Waals surface area contributed by atoms with Crippen molar-refractivity contribution in [3.8, 4) is 0 Å². The molecule has 22 heavy (non-hydrogen) atoms. The second kappa shape index (κ2) is 7.90. The average Bonchev–Trinajstić information content (AvgIpc) is 2.49. The molecule has 0 atom stereocenters. The molecule has 10 heteroatoms. The number of nitrogens with zero attached hydrogens (tertiary/aromatic N) is 2. The van der Waals surface area contributed by atoms with Crippen molar-refractivity contribution in [2.75, 3.05) is 17.0 Å². The molecular formula is C12H15N5O4S. The Hall–Kier alpha value is -2.72. The Morgan fingerprint density at radius 1 is 1.18 bits per heavy atom. The largest absolute Gasteiger partial charge is 0.480 e. The van der Waals surface area contributed by atoms with Gasteiger partial charge in [0.15, 0.2) is 0 Å². The fourth-order valence-electron chi connectivity index (χ4n) is 1.18. The summed E-state index contributed by atoms with van der Waals surface area (Å²) in [5, 5.41) is 7.60. The minimum absolute atomic E-state index is 0.0318. The minimum atomic E-state index is -3.66. The highest BCUT2D eigenvalue weighted by Crippen LogP contribution is 2.14. The number of hydrogen-bond donors (Lipinski definition) is 4. The molecule has 0 unspecified atom stereocenters. The van der Waals surface area contributed by atoms with E-state index in [0.29, 0.717) is 5.69 Å². The van der Waals surface area contributed by atoms with Crippen LogP contribution in [-0.2, 0) is 14.8 Å². The number of aromatic nitrogens is 2. The van der Waals surface area contributed by atoms with Gasteiger partial charge >= 0.3 is 5.97 Å². The van der Waals surface area contributed by atoms with Crippen LogP contribution >= 0.6 is 0 Å². The van der Waals surface area contributed by atoms with Crippen molar-refractivity contribution in [2.24, 2.45) is 5.73 Å². The van der Waals surface area contributed by atoms with Gasteiger partial charge in [0.1, 0.15) is 0 Å². The zero-order chi connectivity index (χ0) is 16.6. The Kier molecular flexibility index (Phi) is 6.23. The predicted molar refractivity (Wildman–Crippen MR) is 80.4 cm³/mol. The van der Waals surface area contributed by atoms with Gasteiger partial charge in [-0.1, -0.05) is 0 Å². The molecule has 0 saturated carbocycles. The van der Waals surface area contributed by atoms with Crippen LogP contribution < -0.4 is 16.2 Å². The molecule has 0 bridgehead atoms. The first-order valence-electron chi connectivity index (χ1n) is 5.92. The Balaban J connectivity index is 0.000000422. The predicted octanol–water partition coefficient (Wildman–Crippen LogP) is -0.111. The third-order valence-electron chi connectivity index (χ3n) is 2.16. The van der Waals surface area contributed by atoms with Crippen LogP contribution in [0.5, 0.6) is 0 Å². The normalized spacial score (nSPS) is 10.2. The molecular weight excluding hydrogens is 310 g/mol. The highest BCUT2D eigenvalue weighted by molar-refractivity contribution is 7.92. The quantitative estimate of drug-likeness (QED) is 0.566. The molecule has 0 spiro atoms. The molecule has 0 radical (unpaired) electrons. The summed E-state index contributed by atoms with van der Waals surface area (Å²) in [7, 11) is -3.66. The number of carboxylic acid groups (broad SMARTS) is 1. The van der Waals surface area contributed by atoms with Gasteiger partial charge in [0, 0.05) is 18.1 Å². The molecule has 0 aliphatic carbocycles. The topological polar surface area (TPSA) is 161 Å². The van der Waals surface area contributed by atoms with E-state index in [-0.39, 0.29) is 17.4 Å². The van der Waals surface area contributed by atoms with Crippen molar-refractivity contribution < 1.29 is 18.3 Å². The van der Waals surface area contributed by atoms with Gasteiger partial charge in [-0.2, -0.15) is 0 Å². The Morgan fingerprint density at radius 2 is 1.68 bits per heavy atom. The number of benzene rings is 1. The van der Waals surface area contributed by atoms with Crippen LogP contribution in [0.15, 0.2) is 47.6 Å². The Labute approximate surface area is 127 Å². The summed E-state index contributed by atoms with van der Waals surface area (Å²) in [6.07, 6.45) is 2.90. The summed E-state index contributed by atoms with van der Waals surface area (Å²) >= 11 is 0. The van der Waals surface area contributed by atoms with Gasteiger partial charge in [-0.15, -0.1) is 0 Å². The lowest BCUT2D eigenvalue weighted by Crippen LogP contribution is -2.14.